The highest BCUT2D eigenvalue weighted by Gasteiger charge is 2.28. The van der Waals surface area contributed by atoms with E-state index < -0.39 is 18.8 Å². The van der Waals surface area contributed by atoms with Crippen LogP contribution in [-0.2, 0) is 4.79 Å². The molecule has 0 aliphatic heterocycles. The molecule has 0 spiro atoms. The number of anilines is 2. The summed E-state index contributed by atoms with van der Waals surface area (Å²) in [4.78, 5) is 19.7. The molecule has 6 nitrogen and oxygen atoms in total. The van der Waals surface area contributed by atoms with Crippen LogP contribution in [0.3, 0.4) is 0 Å². The third-order valence-corrected chi connectivity index (χ3v) is 3.21. The molecule has 1 atom stereocenters. The van der Waals surface area contributed by atoms with Crippen LogP contribution in [0.5, 0.6) is 5.88 Å². The Hall–Kier alpha value is -2.55. The second-order valence-electron chi connectivity index (χ2n) is 4.99. The summed E-state index contributed by atoms with van der Waals surface area (Å²) in [7, 11) is 0. The van der Waals surface area contributed by atoms with Crippen LogP contribution in [0, 0.1) is 0 Å². The van der Waals surface area contributed by atoms with Gasteiger partial charge in [-0.05, 0) is 25.1 Å². The number of halogens is 4. The number of carbonyl (C=O) groups is 1. The number of nitrogens with zero attached hydrogens (tertiary/aromatic N) is 2. The smallest absolute Gasteiger partial charge is 0.422 e. The third kappa shape index (κ3) is 6.11. The van der Waals surface area contributed by atoms with Gasteiger partial charge in [-0.15, -0.1) is 0 Å². The van der Waals surface area contributed by atoms with Gasteiger partial charge in [0.05, 0.1) is 17.6 Å². The van der Waals surface area contributed by atoms with Crippen molar-refractivity contribution < 1.29 is 22.7 Å². The molecule has 1 unspecified atom stereocenters. The number of hydrogen-bond donors (Lipinski definition) is 2. The van der Waals surface area contributed by atoms with E-state index in [1.165, 1.54) is 24.5 Å². The highest BCUT2D eigenvalue weighted by molar-refractivity contribution is 6.32. The zero-order valence-electron chi connectivity index (χ0n) is 13.0. The Morgan fingerprint density at radius 1 is 1.32 bits per heavy atom. The number of alkyl halides is 3. The standard InChI is InChI=1S/C15H14ClF3N4O2/c1-9(14(24)23-11-3-2-6-20-13(11)16)22-10-4-5-12(21-7-10)25-8-15(17,18)19/h2-7,9,22H,8H2,1H3,(H,23,24). The lowest BCUT2D eigenvalue weighted by molar-refractivity contribution is -0.154. The Morgan fingerprint density at radius 2 is 2.08 bits per heavy atom. The average molecular weight is 375 g/mol. The van der Waals surface area contributed by atoms with Gasteiger partial charge >= 0.3 is 6.18 Å². The van der Waals surface area contributed by atoms with E-state index in [0.717, 1.165) is 0 Å². The average Bonchev–Trinajstić information content (AvgIpc) is 2.55. The lowest BCUT2D eigenvalue weighted by atomic mass is 10.2. The van der Waals surface area contributed by atoms with Crippen molar-refractivity contribution in [2.45, 2.75) is 19.1 Å². The van der Waals surface area contributed by atoms with E-state index in [1.54, 1.807) is 19.1 Å². The SMILES string of the molecule is CC(Nc1ccc(OCC(F)(F)F)nc1)C(=O)Nc1cccnc1Cl. The summed E-state index contributed by atoms with van der Waals surface area (Å²) in [5.41, 5.74) is 0.816. The normalized spacial score (nSPS) is 12.4. The Kier molecular flexibility index (Phi) is 6.02. The summed E-state index contributed by atoms with van der Waals surface area (Å²) >= 11 is 5.86. The number of amides is 1. The van der Waals surface area contributed by atoms with E-state index in [1.807, 2.05) is 0 Å². The summed E-state index contributed by atoms with van der Waals surface area (Å²) in [6.07, 6.45) is -1.67. The van der Waals surface area contributed by atoms with E-state index in [0.29, 0.717) is 11.4 Å². The van der Waals surface area contributed by atoms with Crippen LogP contribution in [0.4, 0.5) is 24.5 Å². The first kappa shape index (κ1) is 18.8. The zero-order chi connectivity index (χ0) is 18.4. The van der Waals surface area contributed by atoms with Gasteiger partial charge in [0.1, 0.15) is 6.04 Å². The van der Waals surface area contributed by atoms with Crippen LogP contribution in [0.2, 0.25) is 5.15 Å². The Balaban J connectivity index is 1.90. The van der Waals surface area contributed by atoms with Crippen molar-refractivity contribution in [1.29, 1.82) is 0 Å². The molecular weight excluding hydrogens is 361 g/mol. The van der Waals surface area contributed by atoms with Crippen molar-refractivity contribution in [3.8, 4) is 5.88 Å². The highest BCUT2D eigenvalue weighted by atomic mass is 35.5. The van der Waals surface area contributed by atoms with E-state index >= 15 is 0 Å². The number of pyridine rings is 2. The molecule has 0 bridgehead atoms. The van der Waals surface area contributed by atoms with Crippen LogP contribution in [0.25, 0.3) is 0 Å². The lowest BCUT2D eigenvalue weighted by Crippen LogP contribution is -2.32. The summed E-state index contributed by atoms with van der Waals surface area (Å²) in [5, 5.41) is 5.64. The minimum Gasteiger partial charge on any atom is -0.468 e. The summed E-state index contributed by atoms with van der Waals surface area (Å²) < 4.78 is 40.7. The maximum absolute atomic E-state index is 12.1. The Labute approximate surface area is 146 Å². The molecule has 2 aromatic rings. The molecule has 2 aromatic heterocycles. The van der Waals surface area contributed by atoms with Gasteiger partial charge in [0, 0.05) is 12.3 Å². The molecule has 25 heavy (non-hydrogen) atoms. The highest BCUT2D eigenvalue weighted by Crippen LogP contribution is 2.20. The molecule has 2 heterocycles. The first-order chi connectivity index (χ1) is 11.7. The molecule has 0 aliphatic rings. The molecule has 134 valence electrons. The van der Waals surface area contributed by atoms with E-state index in [-0.39, 0.29) is 16.9 Å². The quantitative estimate of drug-likeness (QED) is 0.757. The number of nitrogens with one attached hydrogen (secondary N) is 2. The summed E-state index contributed by atoms with van der Waals surface area (Å²) in [6, 6.07) is 5.31. The van der Waals surface area contributed by atoms with Gasteiger partial charge in [0.2, 0.25) is 11.8 Å². The number of rotatable bonds is 6. The van der Waals surface area contributed by atoms with Crippen LogP contribution in [0.15, 0.2) is 36.7 Å². The number of aromatic nitrogens is 2. The van der Waals surface area contributed by atoms with Crippen molar-refractivity contribution in [2.24, 2.45) is 0 Å². The molecule has 0 fully saturated rings. The van der Waals surface area contributed by atoms with Crippen molar-refractivity contribution in [3.63, 3.8) is 0 Å². The first-order valence-electron chi connectivity index (χ1n) is 7.08. The number of carbonyl (C=O) groups excluding carboxylic acids is 1. The molecule has 0 saturated heterocycles. The first-order valence-corrected chi connectivity index (χ1v) is 7.46. The molecule has 10 heteroatoms. The van der Waals surface area contributed by atoms with Gasteiger partial charge < -0.3 is 15.4 Å². The van der Waals surface area contributed by atoms with Crippen LogP contribution < -0.4 is 15.4 Å². The van der Waals surface area contributed by atoms with Gasteiger partial charge in [0.15, 0.2) is 11.8 Å². The fraction of sp³-hybridized carbons (Fsp3) is 0.267. The van der Waals surface area contributed by atoms with Gasteiger partial charge in [-0.2, -0.15) is 13.2 Å². The van der Waals surface area contributed by atoms with Crippen molar-refractivity contribution in [3.05, 3.63) is 41.8 Å². The van der Waals surface area contributed by atoms with Crippen LogP contribution in [-0.4, -0.2) is 34.7 Å². The topological polar surface area (TPSA) is 76.1 Å². The van der Waals surface area contributed by atoms with E-state index in [2.05, 4.69) is 25.3 Å². The molecule has 2 N–H and O–H groups in total. The van der Waals surface area contributed by atoms with E-state index in [4.69, 9.17) is 11.6 Å². The summed E-state index contributed by atoms with van der Waals surface area (Å²) in [5.74, 6) is -0.533. The third-order valence-electron chi connectivity index (χ3n) is 2.91. The van der Waals surface area contributed by atoms with Gasteiger partial charge in [-0.3, -0.25) is 4.79 Å². The predicted molar refractivity (Wildman–Crippen MR) is 86.7 cm³/mol. The molecule has 2 rings (SSSR count). The minimum absolute atomic E-state index is 0.163. The zero-order valence-corrected chi connectivity index (χ0v) is 13.7. The van der Waals surface area contributed by atoms with Crippen molar-refractivity contribution in [2.75, 3.05) is 17.2 Å². The van der Waals surface area contributed by atoms with Gasteiger partial charge in [0.25, 0.3) is 0 Å². The molecule has 0 radical (unpaired) electrons. The number of ether oxygens (including phenoxy) is 1. The monoisotopic (exact) mass is 374 g/mol. The maximum atomic E-state index is 12.1. The number of hydrogen-bond acceptors (Lipinski definition) is 5. The molecule has 0 saturated carbocycles. The Bertz CT molecular complexity index is 725. The molecular formula is C15H14ClF3N4O2. The second kappa shape index (κ2) is 8.02. The second-order valence-corrected chi connectivity index (χ2v) is 5.34. The maximum Gasteiger partial charge on any atom is 0.422 e. The lowest BCUT2D eigenvalue weighted by Gasteiger charge is -2.15. The molecule has 0 aliphatic carbocycles. The van der Waals surface area contributed by atoms with Crippen molar-refractivity contribution in [1.82, 2.24) is 9.97 Å². The van der Waals surface area contributed by atoms with Crippen molar-refractivity contribution >= 4 is 28.9 Å². The fourth-order valence-electron chi connectivity index (χ4n) is 1.74. The largest absolute Gasteiger partial charge is 0.468 e. The molecule has 1 amide bonds. The van der Waals surface area contributed by atoms with Gasteiger partial charge in [-0.25, -0.2) is 9.97 Å². The van der Waals surface area contributed by atoms with E-state index in [9.17, 15) is 18.0 Å². The van der Waals surface area contributed by atoms with Crippen LogP contribution >= 0.6 is 11.6 Å². The van der Waals surface area contributed by atoms with Gasteiger partial charge in [-0.1, -0.05) is 11.6 Å². The predicted octanol–water partition coefficient (Wildman–Crippen LogP) is 3.51. The molecule has 0 aromatic carbocycles. The minimum atomic E-state index is -4.43. The fourth-order valence-corrected chi connectivity index (χ4v) is 1.91. The van der Waals surface area contributed by atoms with Crippen LogP contribution in [0.1, 0.15) is 6.92 Å². The summed E-state index contributed by atoms with van der Waals surface area (Å²) in [6.45, 7) is 0.186. The Morgan fingerprint density at radius 3 is 2.68 bits per heavy atom.